The van der Waals surface area contributed by atoms with E-state index in [1.807, 2.05) is 18.5 Å². The molecule has 1 fully saturated rings. The Hall–Kier alpha value is -0.910. The fraction of sp³-hybridized carbons (Fsp3) is 0.667. The zero-order chi connectivity index (χ0) is 14.6. The zero-order valence-corrected chi connectivity index (χ0v) is 13.2. The largest absolute Gasteiger partial charge is 0.396 e. The van der Waals surface area contributed by atoms with Crippen molar-refractivity contribution in [1.29, 1.82) is 0 Å². The van der Waals surface area contributed by atoms with Crippen molar-refractivity contribution < 1.29 is 9.90 Å². The lowest BCUT2D eigenvalue weighted by Gasteiger charge is -2.39. The first-order valence-corrected chi connectivity index (χ1v) is 8.00. The van der Waals surface area contributed by atoms with Crippen molar-refractivity contribution in [2.75, 3.05) is 33.3 Å². The van der Waals surface area contributed by atoms with E-state index in [0.29, 0.717) is 13.1 Å². The molecule has 0 aromatic carbocycles. The number of nitrogens with zero attached hydrogens (tertiary/aromatic N) is 2. The first-order chi connectivity index (χ1) is 9.52. The highest BCUT2D eigenvalue weighted by atomic mass is 32.1. The van der Waals surface area contributed by atoms with Gasteiger partial charge in [-0.2, -0.15) is 0 Å². The number of hydrogen-bond acceptors (Lipinski definition) is 4. The van der Waals surface area contributed by atoms with Gasteiger partial charge in [0.15, 0.2) is 0 Å². The Kier molecular flexibility index (Phi) is 5.18. The Morgan fingerprint density at radius 1 is 1.60 bits per heavy atom. The van der Waals surface area contributed by atoms with Gasteiger partial charge in [-0.3, -0.25) is 9.69 Å². The van der Waals surface area contributed by atoms with E-state index in [-0.39, 0.29) is 17.9 Å². The highest BCUT2D eigenvalue weighted by Gasteiger charge is 2.31. The molecule has 1 N–H and O–H groups in total. The van der Waals surface area contributed by atoms with Crippen LogP contribution in [0.5, 0.6) is 0 Å². The highest BCUT2D eigenvalue weighted by Crippen LogP contribution is 2.28. The summed E-state index contributed by atoms with van der Waals surface area (Å²) in [6, 6.07) is 4.06. The van der Waals surface area contributed by atoms with E-state index in [0.717, 1.165) is 25.9 Å². The molecule has 0 aliphatic carbocycles. The van der Waals surface area contributed by atoms with E-state index in [9.17, 15) is 9.90 Å². The molecule has 1 amide bonds. The summed E-state index contributed by atoms with van der Waals surface area (Å²) in [5, 5.41) is 11.5. The molecule has 1 aromatic rings. The summed E-state index contributed by atoms with van der Waals surface area (Å²) in [5.41, 5.74) is -0.0507. The van der Waals surface area contributed by atoms with Gasteiger partial charge in [0.25, 0.3) is 0 Å². The molecule has 20 heavy (non-hydrogen) atoms. The number of hydrogen-bond donors (Lipinski definition) is 1. The average molecular weight is 296 g/mol. The Balaban J connectivity index is 1.84. The third-order valence-electron chi connectivity index (χ3n) is 4.00. The number of amides is 1. The molecule has 112 valence electrons. The molecule has 2 rings (SSSR count). The van der Waals surface area contributed by atoms with Crippen LogP contribution in [0.3, 0.4) is 0 Å². The number of likely N-dealkylation sites (tertiary alicyclic amines) is 1. The number of carbonyl (C=O) groups excluding carboxylic acids is 1. The number of thiophene rings is 1. The molecule has 0 bridgehead atoms. The maximum absolute atomic E-state index is 12.3. The van der Waals surface area contributed by atoms with Crippen molar-refractivity contribution in [2.24, 2.45) is 5.41 Å². The Morgan fingerprint density at radius 2 is 2.40 bits per heavy atom. The van der Waals surface area contributed by atoms with Crippen molar-refractivity contribution in [3.63, 3.8) is 0 Å². The minimum Gasteiger partial charge on any atom is -0.396 e. The monoisotopic (exact) mass is 296 g/mol. The van der Waals surface area contributed by atoms with Crippen LogP contribution in [0.2, 0.25) is 0 Å². The molecular weight excluding hydrogens is 272 g/mol. The highest BCUT2D eigenvalue weighted by molar-refractivity contribution is 7.09. The maximum atomic E-state index is 12.3. The summed E-state index contributed by atoms with van der Waals surface area (Å²) in [6.45, 7) is 5.19. The standard InChI is InChI=1S/C15H24N2O2S/c1-15(12-18)6-4-7-17(11-15)10-14(19)16(2)9-13-5-3-8-20-13/h3,5,8,18H,4,6-7,9-12H2,1-2H3. The van der Waals surface area contributed by atoms with Gasteiger partial charge in [-0.25, -0.2) is 0 Å². The Morgan fingerprint density at radius 3 is 3.05 bits per heavy atom. The predicted molar refractivity (Wildman–Crippen MR) is 81.7 cm³/mol. The minimum atomic E-state index is -0.0507. The van der Waals surface area contributed by atoms with Crippen molar-refractivity contribution >= 4 is 17.2 Å². The minimum absolute atomic E-state index is 0.0507. The van der Waals surface area contributed by atoms with Crippen LogP contribution in [0.25, 0.3) is 0 Å². The molecule has 5 heteroatoms. The van der Waals surface area contributed by atoms with E-state index in [4.69, 9.17) is 0 Å². The number of aliphatic hydroxyl groups is 1. The van der Waals surface area contributed by atoms with Crippen molar-refractivity contribution in [3.05, 3.63) is 22.4 Å². The van der Waals surface area contributed by atoms with E-state index in [1.165, 1.54) is 4.88 Å². The van der Waals surface area contributed by atoms with Gasteiger partial charge in [0.05, 0.1) is 13.1 Å². The molecule has 0 saturated carbocycles. The lowest BCUT2D eigenvalue weighted by atomic mass is 9.83. The number of rotatable bonds is 5. The summed E-state index contributed by atoms with van der Waals surface area (Å²) in [6.07, 6.45) is 2.10. The molecule has 1 saturated heterocycles. The molecule has 1 aliphatic rings. The van der Waals surface area contributed by atoms with Gasteiger partial charge < -0.3 is 10.0 Å². The van der Waals surface area contributed by atoms with Crippen molar-refractivity contribution in [1.82, 2.24) is 9.80 Å². The Labute approximate surface area is 125 Å². The van der Waals surface area contributed by atoms with E-state index < -0.39 is 0 Å². The van der Waals surface area contributed by atoms with Gasteiger partial charge in [0.2, 0.25) is 5.91 Å². The van der Waals surface area contributed by atoms with Gasteiger partial charge in [-0.05, 0) is 30.8 Å². The van der Waals surface area contributed by atoms with Gasteiger partial charge in [-0.1, -0.05) is 13.0 Å². The fourth-order valence-electron chi connectivity index (χ4n) is 2.73. The van der Waals surface area contributed by atoms with Crippen molar-refractivity contribution in [2.45, 2.75) is 26.3 Å². The Bertz CT molecular complexity index is 435. The van der Waals surface area contributed by atoms with E-state index in [1.54, 1.807) is 16.2 Å². The lowest BCUT2D eigenvalue weighted by Crippen LogP contribution is -2.47. The van der Waals surface area contributed by atoms with Crippen molar-refractivity contribution in [3.8, 4) is 0 Å². The average Bonchev–Trinajstić information content (AvgIpc) is 2.91. The molecular formula is C15H24N2O2S. The van der Waals surface area contributed by atoms with Crippen LogP contribution in [-0.2, 0) is 11.3 Å². The molecule has 0 radical (unpaired) electrons. The van der Waals surface area contributed by atoms with Gasteiger partial charge in [0.1, 0.15) is 0 Å². The van der Waals surface area contributed by atoms with E-state index >= 15 is 0 Å². The van der Waals surface area contributed by atoms with Gasteiger partial charge in [0, 0.05) is 30.5 Å². The summed E-state index contributed by atoms with van der Waals surface area (Å²) in [4.78, 5) is 17.4. The molecule has 4 nitrogen and oxygen atoms in total. The van der Waals surface area contributed by atoms with Gasteiger partial charge in [-0.15, -0.1) is 11.3 Å². The van der Waals surface area contributed by atoms with Crippen LogP contribution < -0.4 is 0 Å². The fourth-order valence-corrected chi connectivity index (χ4v) is 3.49. The van der Waals surface area contributed by atoms with Crippen LogP contribution >= 0.6 is 11.3 Å². The topological polar surface area (TPSA) is 43.8 Å². The normalized spacial score (nSPS) is 23.8. The molecule has 1 aromatic heterocycles. The smallest absolute Gasteiger partial charge is 0.236 e. The van der Waals surface area contributed by atoms with Crippen LogP contribution in [0.15, 0.2) is 17.5 Å². The second-order valence-corrected chi connectivity index (χ2v) is 7.14. The molecule has 1 atom stereocenters. The van der Waals surface area contributed by atoms with Crippen LogP contribution in [0.4, 0.5) is 0 Å². The molecule has 0 spiro atoms. The quantitative estimate of drug-likeness (QED) is 0.901. The zero-order valence-electron chi connectivity index (χ0n) is 12.3. The molecule has 1 aliphatic heterocycles. The first kappa shape index (κ1) is 15.5. The number of carbonyl (C=O) groups is 1. The summed E-state index contributed by atoms with van der Waals surface area (Å²) >= 11 is 1.68. The SMILES string of the molecule is CN(Cc1cccs1)C(=O)CN1CCCC(C)(CO)C1. The van der Waals surface area contributed by atoms with Gasteiger partial charge >= 0.3 is 0 Å². The summed E-state index contributed by atoms with van der Waals surface area (Å²) in [5.74, 6) is 0.153. The number of piperidine rings is 1. The predicted octanol–water partition coefficient (Wildman–Crippen LogP) is 1.80. The van der Waals surface area contributed by atoms with Crippen LogP contribution in [0.1, 0.15) is 24.6 Å². The summed E-state index contributed by atoms with van der Waals surface area (Å²) < 4.78 is 0. The maximum Gasteiger partial charge on any atom is 0.236 e. The molecule has 1 unspecified atom stereocenters. The van der Waals surface area contributed by atoms with E-state index in [2.05, 4.69) is 17.9 Å². The number of likely N-dealkylation sites (N-methyl/N-ethyl adjacent to an activating group) is 1. The second kappa shape index (κ2) is 6.70. The van der Waals surface area contributed by atoms with Crippen LogP contribution in [-0.4, -0.2) is 54.1 Å². The third-order valence-corrected chi connectivity index (χ3v) is 4.86. The van der Waals surface area contributed by atoms with Crippen LogP contribution in [0, 0.1) is 5.41 Å². The first-order valence-electron chi connectivity index (χ1n) is 7.12. The summed E-state index contributed by atoms with van der Waals surface area (Å²) in [7, 11) is 1.86. The third kappa shape index (κ3) is 4.04. The number of aliphatic hydroxyl groups excluding tert-OH is 1. The molecule has 2 heterocycles. The second-order valence-electron chi connectivity index (χ2n) is 6.11. The lowest BCUT2D eigenvalue weighted by molar-refractivity contribution is -0.132.